The molecule has 5 heteroatoms. The quantitative estimate of drug-likeness (QED) is 0.184. The van der Waals surface area contributed by atoms with Gasteiger partial charge in [0.15, 0.2) is 5.58 Å². The van der Waals surface area contributed by atoms with Crippen LogP contribution in [-0.2, 0) is 0 Å². The Bertz CT molecular complexity index is 3420. The fraction of sp³-hybridized carbons (Fsp3) is 0. The minimum atomic E-state index is 0.836. The first-order valence-corrected chi connectivity index (χ1v) is 18.6. The Morgan fingerprint density at radius 2 is 1.02 bits per heavy atom. The molecular formula is C48H27NO3S. The molecule has 8 aromatic carbocycles. The van der Waals surface area contributed by atoms with Gasteiger partial charge in [0.05, 0.1) is 21.8 Å². The predicted octanol–water partition coefficient (Wildman–Crippen LogP) is 14.9. The number of rotatable bonds is 4. The minimum absolute atomic E-state index is 0.836. The summed E-state index contributed by atoms with van der Waals surface area (Å²) in [5, 5.41) is 9.07. The van der Waals surface area contributed by atoms with Crippen molar-refractivity contribution < 1.29 is 13.3 Å². The molecule has 0 unspecified atom stereocenters. The molecule has 0 aliphatic heterocycles. The summed E-state index contributed by atoms with van der Waals surface area (Å²) in [6, 6.07) is 57.5. The highest BCUT2D eigenvalue weighted by Gasteiger charge is 2.26. The molecule has 12 aromatic rings. The van der Waals surface area contributed by atoms with Gasteiger partial charge < -0.3 is 18.2 Å². The number of hydrogen-bond donors (Lipinski definition) is 0. The van der Waals surface area contributed by atoms with E-state index in [1.807, 2.05) is 41.7 Å². The minimum Gasteiger partial charge on any atom is -0.456 e. The average Bonchev–Trinajstić information content (AvgIpc) is 3.98. The molecular weight excluding hydrogens is 671 g/mol. The van der Waals surface area contributed by atoms with Crippen LogP contribution in [0.2, 0.25) is 0 Å². The molecule has 4 aromatic heterocycles. The van der Waals surface area contributed by atoms with Gasteiger partial charge in [-0.05, 0) is 65.7 Å². The molecule has 0 saturated heterocycles. The van der Waals surface area contributed by atoms with Gasteiger partial charge >= 0.3 is 0 Å². The highest BCUT2D eigenvalue weighted by atomic mass is 32.1. The van der Waals surface area contributed by atoms with Crippen LogP contribution in [0.3, 0.4) is 0 Å². The number of fused-ring (bicyclic) bond motifs is 13. The van der Waals surface area contributed by atoms with E-state index in [2.05, 4.69) is 138 Å². The van der Waals surface area contributed by atoms with Crippen LogP contribution in [0.4, 0.5) is 17.1 Å². The van der Waals surface area contributed by atoms with Crippen LogP contribution in [0.25, 0.3) is 97.1 Å². The van der Waals surface area contributed by atoms with E-state index in [1.54, 1.807) is 0 Å². The van der Waals surface area contributed by atoms with Gasteiger partial charge in [0.2, 0.25) is 0 Å². The molecule has 248 valence electrons. The summed E-state index contributed by atoms with van der Waals surface area (Å²) >= 11 is 1.83. The van der Waals surface area contributed by atoms with Crippen molar-refractivity contribution in [2.24, 2.45) is 0 Å². The highest BCUT2D eigenvalue weighted by Crippen LogP contribution is 2.52. The van der Waals surface area contributed by atoms with Crippen molar-refractivity contribution in [3.63, 3.8) is 0 Å². The number of para-hydroxylation sites is 4. The van der Waals surface area contributed by atoms with Gasteiger partial charge in [-0.2, -0.15) is 0 Å². The van der Waals surface area contributed by atoms with Crippen LogP contribution >= 0.6 is 11.3 Å². The fourth-order valence-electron chi connectivity index (χ4n) is 8.34. The van der Waals surface area contributed by atoms with E-state index < -0.39 is 0 Å². The van der Waals surface area contributed by atoms with E-state index in [4.69, 9.17) is 13.3 Å². The molecule has 53 heavy (non-hydrogen) atoms. The van der Waals surface area contributed by atoms with E-state index in [-0.39, 0.29) is 0 Å². The van der Waals surface area contributed by atoms with Gasteiger partial charge in [0.1, 0.15) is 27.9 Å². The molecule has 4 heterocycles. The Kier molecular flexibility index (Phi) is 5.90. The van der Waals surface area contributed by atoms with Crippen molar-refractivity contribution in [1.29, 1.82) is 0 Å². The van der Waals surface area contributed by atoms with Crippen LogP contribution in [0.5, 0.6) is 0 Å². The van der Waals surface area contributed by atoms with E-state index in [1.165, 1.54) is 31.3 Å². The van der Waals surface area contributed by atoms with Crippen molar-refractivity contribution in [2.75, 3.05) is 4.90 Å². The summed E-state index contributed by atoms with van der Waals surface area (Å²) in [5.41, 5.74) is 10.6. The Balaban J connectivity index is 1.22. The molecule has 0 aliphatic rings. The first-order chi connectivity index (χ1) is 26.3. The Morgan fingerprint density at radius 3 is 1.85 bits per heavy atom. The lowest BCUT2D eigenvalue weighted by molar-refractivity contribution is 0.667. The predicted molar refractivity (Wildman–Crippen MR) is 221 cm³/mol. The fourth-order valence-corrected chi connectivity index (χ4v) is 9.72. The molecule has 0 fully saturated rings. The van der Waals surface area contributed by atoms with Gasteiger partial charge in [-0.15, -0.1) is 11.3 Å². The van der Waals surface area contributed by atoms with Crippen LogP contribution in [0, 0.1) is 0 Å². The summed E-state index contributed by atoms with van der Waals surface area (Å²) < 4.78 is 22.0. The normalized spacial score (nSPS) is 12.2. The number of anilines is 3. The van der Waals surface area contributed by atoms with Crippen molar-refractivity contribution in [1.82, 2.24) is 0 Å². The lowest BCUT2D eigenvalue weighted by Gasteiger charge is -2.26. The van der Waals surface area contributed by atoms with Gasteiger partial charge in [0.25, 0.3) is 0 Å². The maximum Gasteiger partial charge on any atom is 0.159 e. The second-order valence-corrected chi connectivity index (χ2v) is 14.6. The molecule has 12 rings (SSSR count). The monoisotopic (exact) mass is 697 g/mol. The molecule has 0 atom stereocenters. The molecule has 0 aliphatic carbocycles. The van der Waals surface area contributed by atoms with E-state index in [0.717, 1.165) is 82.9 Å². The van der Waals surface area contributed by atoms with Crippen LogP contribution in [0.1, 0.15) is 0 Å². The number of benzene rings is 8. The lowest BCUT2D eigenvalue weighted by Crippen LogP contribution is -2.10. The largest absolute Gasteiger partial charge is 0.456 e. The highest BCUT2D eigenvalue weighted by molar-refractivity contribution is 7.27. The first kappa shape index (κ1) is 28.8. The number of hydrogen-bond acceptors (Lipinski definition) is 5. The molecule has 0 spiro atoms. The zero-order valence-electron chi connectivity index (χ0n) is 28.2. The summed E-state index contributed by atoms with van der Waals surface area (Å²) in [7, 11) is 0. The summed E-state index contributed by atoms with van der Waals surface area (Å²) in [4.78, 5) is 2.36. The van der Waals surface area contributed by atoms with Crippen molar-refractivity contribution in [3.05, 3.63) is 164 Å². The third-order valence-corrected chi connectivity index (χ3v) is 11.9. The standard InChI is InChI=1S/C48H27NO3S/c1-2-11-28(12-3-1)30-23-25-38(48-44(30)36-24-26-42-45(47(36)53-48)35-15-6-9-20-41(35)50-42)49(29-21-22-33-31-13-4-7-18-39(31)51-43(33)27-29)37-17-10-16-34-32-14-5-8-19-40(32)52-46(34)37/h1-27H. The molecule has 0 amide bonds. The smallest absolute Gasteiger partial charge is 0.159 e. The molecule has 0 N–H and O–H groups in total. The van der Waals surface area contributed by atoms with Gasteiger partial charge in [-0.3, -0.25) is 0 Å². The number of nitrogens with zero attached hydrogens (tertiary/aromatic N) is 1. The van der Waals surface area contributed by atoms with Gasteiger partial charge in [-0.1, -0.05) is 103 Å². The lowest BCUT2D eigenvalue weighted by atomic mass is 9.97. The van der Waals surface area contributed by atoms with Gasteiger partial charge in [0, 0.05) is 53.9 Å². The Hall–Kier alpha value is -6.82. The second kappa shape index (κ2) is 10.8. The summed E-state index contributed by atoms with van der Waals surface area (Å²) in [6.45, 7) is 0. The molecule has 0 bridgehead atoms. The average molecular weight is 698 g/mol. The van der Waals surface area contributed by atoms with E-state index >= 15 is 0 Å². The van der Waals surface area contributed by atoms with Crippen molar-refractivity contribution in [3.8, 4) is 11.1 Å². The maximum absolute atomic E-state index is 6.73. The van der Waals surface area contributed by atoms with Crippen molar-refractivity contribution >= 4 is 114 Å². The molecule has 4 nitrogen and oxygen atoms in total. The zero-order valence-corrected chi connectivity index (χ0v) is 29.0. The summed E-state index contributed by atoms with van der Waals surface area (Å²) in [6.07, 6.45) is 0. The molecule has 0 saturated carbocycles. The molecule has 0 radical (unpaired) electrons. The maximum atomic E-state index is 6.73. The van der Waals surface area contributed by atoms with Crippen LogP contribution in [0.15, 0.2) is 177 Å². The number of furan rings is 3. The summed E-state index contributed by atoms with van der Waals surface area (Å²) in [5.74, 6) is 0. The zero-order chi connectivity index (χ0) is 34.6. The Morgan fingerprint density at radius 1 is 0.377 bits per heavy atom. The second-order valence-electron chi connectivity index (χ2n) is 13.6. The SMILES string of the molecule is c1ccc(-c2ccc(N(c3ccc4c(c3)oc3ccccc34)c3cccc4c3oc3ccccc34)c3sc4c(ccc5oc6ccccc6c54)c23)cc1. The van der Waals surface area contributed by atoms with E-state index in [0.29, 0.717) is 0 Å². The van der Waals surface area contributed by atoms with Gasteiger partial charge in [-0.25, -0.2) is 0 Å². The Labute approximate surface area is 306 Å². The topological polar surface area (TPSA) is 42.7 Å². The first-order valence-electron chi connectivity index (χ1n) is 17.7. The van der Waals surface area contributed by atoms with E-state index in [9.17, 15) is 0 Å². The van der Waals surface area contributed by atoms with Crippen LogP contribution in [-0.4, -0.2) is 0 Å². The third-order valence-electron chi connectivity index (χ3n) is 10.7. The number of thiophene rings is 1. The third kappa shape index (κ3) is 4.11. The van der Waals surface area contributed by atoms with Crippen LogP contribution < -0.4 is 4.90 Å². The van der Waals surface area contributed by atoms with Crippen molar-refractivity contribution in [2.45, 2.75) is 0 Å².